The Morgan fingerprint density at radius 2 is 2.02 bits per heavy atom. The summed E-state index contributed by atoms with van der Waals surface area (Å²) in [5.41, 5.74) is 3.01. The Balaban J connectivity index is 1.44. The van der Waals surface area contributed by atoms with Gasteiger partial charge in [0.15, 0.2) is 0 Å². The fourth-order valence-corrected chi connectivity index (χ4v) is 8.79. The van der Waals surface area contributed by atoms with Crippen molar-refractivity contribution >= 4 is 33.2 Å². The molecule has 8 nitrogen and oxygen atoms in total. The number of amides is 1. The van der Waals surface area contributed by atoms with Gasteiger partial charge in [-0.05, 0) is 98.9 Å². The second-order valence-corrected chi connectivity index (χ2v) is 14.7. The van der Waals surface area contributed by atoms with Gasteiger partial charge < -0.3 is 14.4 Å². The molecule has 1 saturated carbocycles. The molecule has 0 unspecified atom stereocenters. The first-order valence-electron chi connectivity index (χ1n) is 15.4. The first-order chi connectivity index (χ1) is 20.6. The molecule has 2 heterocycles. The van der Waals surface area contributed by atoms with Crippen molar-refractivity contribution in [3.8, 4) is 5.75 Å². The number of carbonyl (C=O) groups is 1. The predicted octanol–water partition coefficient (Wildman–Crippen LogP) is 4.94. The minimum Gasteiger partial charge on any atom is -0.490 e. The van der Waals surface area contributed by atoms with Crippen LogP contribution in [0.3, 0.4) is 0 Å². The number of anilines is 1. The highest BCUT2D eigenvalue weighted by Gasteiger charge is 2.44. The number of sulfonamides is 1. The van der Waals surface area contributed by atoms with E-state index < -0.39 is 22.0 Å². The number of nitrogens with zero attached hydrogens (tertiary/aromatic N) is 2. The lowest BCUT2D eigenvalue weighted by Crippen LogP contribution is -2.50. The maximum absolute atomic E-state index is 13.6. The number of methoxy groups -OCH3 is 1. The maximum atomic E-state index is 13.6. The fraction of sp³-hybridized carbons (Fsp3) is 0.545. The molecule has 5 atom stereocenters. The molecule has 1 spiro atoms. The molecule has 1 N–H and O–H groups in total. The zero-order valence-corrected chi connectivity index (χ0v) is 26.8. The molecule has 0 radical (unpaired) electrons. The van der Waals surface area contributed by atoms with Gasteiger partial charge in [-0.1, -0.05) is 36.7 Å². The molecule has 2 bridgehead atoms. The summed E-state index contributed by atoms with van der Waals surface area (Å²) in [5.74, 6) is 0.830. The van der Waals surface area contributed by atoms with Gasteiger partial charge in [-0.15, -0.1) is 0 Å². The van der Waals surface area contributed by atoms with Crippen molar-refractivity contribution in [3.05, 3.63) is 64.7 Å². The Morgan fingerprint density at radius 1 is 1.19 bits per heavy atom. The number of aryl methyl sites for hydroxylation is 1. The molecule has 2 aromatic carbocycles. The summed E-state index contributed by atoms with van der Waals surface area (Å²) in [7, 11) is -2.34. The highest BCUT2D eigenvalue weighted by atomic mass is 35.5. The molecule has 4 aliphatic rings. The lowest BCUT2D eigenvalue weighted by molar-refractivity contribution is -0.123. The SMILES string of the molecule is CCN1C/C=C/[C@@H](OC)[C@@H]2CC[C@H]2CN2C[C@@]3(CCCc4cc(Cl)ccc43)COc3ccc(cc32)S(=O)(=O)NC(=O)[C@H]1C. The van der Waals surface area contributed by atoms with Crippen LogP contribution in [0.2, 0.25) is 5.02 Å². The molecule has 2 aliphatic carbocycles. The van der Waals surface area contributed by atoms with E-state index >= 15 is 0 Å². The molecule has 1 amide bonds. The van der Waals surface area contributed by atoms with Gasteiger partial charge in [0.2, 0.25) is 0 Å². The third-order valence-corrected chi connectivity index (χ3v) is 11.8. The van der Waals surface area contributed by atoms with Crippen LogP contribution in [0.5, 0.6) is 5.75 Å². The topological polar surface area (TPSA) is 88.2 Å². The van der Waals surface area contributed by atoms with E-state index in [0.717, 1.165) is 49.4 Å². The summed E-state index contributed by atoms with van der Waals surface area (Å²) in [5, 5.41) is 0.739. The van der Waals surface area contributed by atoms with Crippen LogP contribution in [-0.4, -0.2) is 71.3 Å². The third kappa shape index (κ3) is 5.81. The Morgan fingerprint density at radius 3 is 2.77 bits per heavy atom. The van der Waals surface area contributed by atoms with Crippen LogP contribution in [0.25, 0.3) is 0 Å². The zero-order valence-electron chi connectivity index (χ0n) is 25.2. The van der Waals surface area contributed by atoms with Gasteiger partial charge in [0.1, 0.15) is 5.75 Å². The van der Waals surface area contributed by atoms with Gasteiger partial charge in [-0.25, -0.2) is 13.1 Å². The lowest BCUT2D eigenvalue weighted by Gasteiger charge is -2.46. The molecule has 43 heavy (non-hydrogen) atoms. The van der Waals surface area contributed by atoms with Crippen molar-refractivity contribution in [2.24, 2.45) is 11.8 Å². The number of fused-ring (bicyclic) bond motifs is 4. The lowest BCUT2D eigenvalue weighted by atomic mass is 9.68. The van der Waals surface area contributed by atoms with Crippen LogP contribution in [-0.2, 0) is 31.4 Å². The second-order valence-electron chi connectivity index (χ2n) is 12.6. The molecule has 10 heteroatoms. The minimum atomic E-state index is -4.11. The Labute approximate surface area is 260 Å². The number of hydrogen-bond donors (Lipinski definition) is 1. The molecule has 1 fully saturated rings. The van der Waals surface area contributed by atoms with Crippen LogP contribution in [0, 0.1) is 11.8 Å². The first kappa shape index (κ1) is 30.4. The summed E-state index contributed by atoms with van der Waals surface area (Å²) < 4.78 is 42.0. The summed E-state index contributed by atoms with van der Waals surface area (Å²) in [6.45, 7) is 6.78. The van der Waals surface area contributed by atoms with E-state index in [9.17, 15) is 13.2 Å². The van der Waals surface area contributed by atoms with Crippen molar-refractivity contribution in [1.29, 1.82) is 0 Å². The smallest absolute Gasteiger partial charge is 0.264 e. The molecule has 2 aliphatic heterocycles. The molecular weight excluding hydrogens is 586 g/mol. The molecule has 0 saturated heterocycles. The summed E-state index contributed by atoms with van der Waals surface area (Å²) >= 11 is 6.41. The first-order valence-corrected chi connectivity index (χ1v) is 17.3. The fourth-order valence-electron chi connectivity index (χ4n) is 7.53. The molecule has 232 valence electrons. The van der Waals surface area contributed by atoms with Crippen molar-refractivity contribution in [1.82, 2.24) is 9.62 Å². The predicted molar refractivity (Wildman–Crippen MR) is 168 cm³/mol. The van der Waals surface area contributed by atoms with Gasteiger partial charge in [0.25, 0.3) is 15.9 Å². The van der Waals surface area contributed by atoms with Gasteiger partial charge in [0, 0.05) is 37.2 Å². The normalized spacial score (nSPS) is 31.5. The molecule has 0 aromatic heterocycles. The van der Waals surface area contributed by atoms with E-state index in [-0.39, 0.29) is 16.4 Å². The monoisotopic (exact) mass is 627 g/mol. The molecular formula is C33H42ClN3O5S. The van der Waals surface area contributed by atoms with E-state index in [1.165, 1.54) is 11.1 Å². The minimum absolute atomic E-state index is 0.0320. The van der Waals surface area contributed by atoms with E-state index in [1.54, 1.807) is 32.2 Å². The summed E-state index contributed by atoms with van der Waals surface area (Å²) in [6.07, 6.45) is 9.27. The standard InChI is InChI=1S/C33H42ClN3O5S/c1-4-36-16-6-8-30(41-3)27-12-9-24(27)19-37-20-33(15-5-7-23-17-25(34)10-13-28(23)33)21-42-31-14-11-26(18-29(31)37)43(39,40)35-32(38)22(36)2/h6,8,10-11,13-14,17-18,22,24,27,30H,4-5,7,9,12,15-16,19-21H2,1-3H3,(H,35,38)/b8-6+/t22-,24+,27-,30-,33+/m1/s1. The van der Waals surface area contributed by atoms with E-state index in [1.807, 2.05) is 17.9 Å². The van der Waals surface area contributed by atoms with Crippen molar-refractivity contribution in [2.45, 2.75) is 68.4 Å². The number of rotatable bonds is 2. The average molecular weight is 628 g/mol. The van der Waals surface area contributed by atoms with Crippen molar-refractivity contribution in [3.63, 3.8) is 0 Å². The largest absolute Gasteiger partial charge is 0.490 e. The van der Waals surface area contributed by atoms with Crippen molar-refractivity contribution < 1.29 is 22.7 Å². The molecule has 2 aromatic rings. The van der Waals surface area contributed by atoms with E-state index in [4.69, 9.17) is 21.1 Å². The van der Waals surface area contributed by atoms with E-state index in [2.05, 4.69) is 33.9 Å². The van der Waals surface area contributed by atoms with Gasteiger partial charge >= 0.3 is 0 Å². The van der Waals surface area contributed by atoms with Crippen LogP contribution < -0.4 is 14.4 Å². The summed E-state index contributed by atoms with van der Waals surface area (Å²) in [4.78, 5) is 17.5. The van der Waals surface area contributed by atoms with Gasteiger partial charge in [0.05, 0.1) is 29.3 Å². The van der Waals surface area contributed by atoms with Gasteiger partial charge in [-0.2, -0.15) is 0 Å². The number of ether oxygens (including phenoxy) is 2. The second kappa shape index (κ2) is 12.1. The maximum Gasteiger partial charge on any atom is 0.264 e. The van der Waals surface area contributed by atoms with Crippen LogP contribution in [0.4, 0.5) is 5.69 Å². The zero-order chi connectivity index (χ0) is 30.4. The number of nitrogens with one attached hydrogen (secondary N) is 1. The Bertz CT molecular complexity index is 1510. The van der Waals surface area contributed by atoms with Crippen LogP contribution >= 0.6 is 11.6 Å². The Kier molecular flexibility index (Phi) is 8.54. The highest BCUT2D eigenvalue weighted by molar-refractivity contribution is 7.90. The van der Waals surface area contributed by atoms with Crippen LogP contribution in [0.1, 0.15) is 50.7 Å². The molecule has 6 rings (SSSR count). The highest BCUT2D eigenvalue weighted by Crippen LogP contribution is 2.47. The van der Waals surface area contributed by atoms with Crippen molar-refractivity contribution in [2.75, 3.05) is 44.8 Å². The van der Waals surface area contributed by atoms with E-state index in [0.29, 0.717) is 43.8 Å². The third-order valence-electron chi connectivity index (χ3n) is 10.2. The quantitative estimate of drug-likeness (QED) is 0.472. The number of likely N-dealkylation sites (N-methyl/N-ethyl adjacent to an activating group) is 1. The van der Waals surface area contributed by atoms with Crippen LogP contribution in [0.15, 0.2) is 53.4 Å². The summed E-state index contributed by atoms with van der Waals surface area (Å²) in [6, 6.07) is 10.5. The van der Waals surface area contributed by atoms with Gasteiger partial charge in [-0.3, -0.25) is 9.69 Å². The Hall–Kier alpha value is -2.59. The number of benzene rings is 2. The number of hydrogen-bond acceptors (Lipinski definition) is 7. The number of halogens is 1. The number of carbonyl (C=O) groups excluding carboxylic acids is 1. The average Bonchev–Trinajstić information content (AvgIpc) is 3.12.